The zero-order valence-corrected chi connectivity index (χ0v) is 25.2. The molecule has 230 valence electrons. The fourth-order valence-electron chi connectivity index (χ4n) is 5.61. The summed E-state index contributed by atoms with van der Waals surface area (Å²) in [6.07, 6.45) is 4.69. The van der Waals surface area contributed by atoms with Crippen LogP contribution in [-0.4, -0.2) is 71.0 Å². The maximum absolute atomic E-state index is 14.0. The molecule has 0 radical (unpaired) electrons. The van der Waals surface area contributed by atoms with E-state index in [0.717, 1.165) is 52.1 Å². The minimum Gasteiger partial charge on any atom is -0.497 e. The first kappa shape index (κ1) is 30.5. The number of allylic oxidation sites excluding steroid dienone is 1. The summed E-state index contributed by atoms with van der Waals surface area (Å²) in [6.45, 7) is 3.02. The van der Waals surface area contributed by atoms with Gasteiger partial charge in [0.05, 0.1) is 39.2 Å². The average Bonchev–Trinajstić information content (AvgIpc) is 3.64. The summed E-state index contributed by atoms with van der Waals surface area (Å²) >= 11 is 0. The van der Waals surface area contributed by atoms with Crippen LogP contribution in [0.3, 0.4) is 0 Å². The Morgan fingerprint density at radius 1 is 0.909 bits per heavy atom. The van der Waals surface area contributed by atoms with Crippen LogP contribution < -0.4 is 9.47 Å². The van der Waals surface area contributed by atoms with E-state index in [1.807, 2.05) is 48.5 Å². The number of hydrogen-bond acceptors (Lipinski definition) is 10. The first-order valence-electron chi connectivity index (χ1n) is 14.6. The van der Waals surface area contributed by atoms with Crippen molar-refractivity contribution in [2.75, 3.05) is 27.4 Å². The van der Waals surface area contributed by atoms with Gasteiger partial charge in [-0.3, -0.25) is 4.79 Å². The number of benzene rings is 2. The lowest BCUT2D eigenvalue weighted by atomic mass is 9.77. The molecule has 0 saturated heterocycles. The molecule has 5 rings (SSSR count). The molecule has 1 aliphatic carbocycles. The van der Waals surface area contributed by atoms with Crippen molar-refractivity contribution in [2.24, 2.45) is 11.0 Å². The van der Waals surface area contributed by atoms with Crippen molar-refractivity contribution in [3.63, 3.8) is 0 Å². The Hall–Kier alpha value is -5.00. The van der Waals surface area contributed by atoms with Crippen LogP contribution in [0.5, 0.6) is 11.5 Å². The summed E-state index contributed by atoms with van der Waals surface area (Å²) in [5.74, 6) is -0.673. The number of ether oxygens (including phenoxy) is 4. The molecule has 1 saturated carbocycles. The lowest BCUT2D eigenvalue weighted by Gasteiger charge is -2.29. The monoisotopic (exact) mass is 601 g/mol. The fraction of sp³-hybridized carbons (Fsp3) is 0.375. The molecule has 0 unspecified atom stereocenters. The Morgan fingerprint density at radius 3 is 2.18 bits per heavy atom. The summed E-state index contributed by atoms with van der Waals surface area (Å²) in [6, 6.07) is 15.0. The number of hydrogen-bond donors (Lipinski definition) is 0. The molecular formula is C32H35N5O7. The zero-order chi connectivity index (χ0) is 31.2. The second kappa shape index (κ2) is 13.5. The van der Waals surface area contributed by atoms with Gasteiger partial charge >= 0.3 is 11.9 Å². The van der Waals surface area contributed by atoms with Crippen molar-refractivity contribution in [3.8, 4) is 11.5 Å². The number of carbonyl (C=O) groups excluding carboxylic acids is 3. The van der Waals surface area contributed by atoms with E-state index in [4.69, 9.17) is 24.0 Å². The van der Waals surface area contributed by atoms with E-state index in [2.05, 4.69) is 16.4 Å². The third-order valence-corrected chi connectivity index (χ3v) is 7.63. The highest BCUT2D eigenvalue weighted by molar-refractivity contribution is 6.08. The minimum absolute atomic E-state index is 0.0547. The predicted octanol–water partition coefficient (Wildman–Crippen LogP) is 4.47. The van der Waals surface area contributed by atoms with Gasteiger partial charge in [-0.25, -0.2) is 19.3 Å². The number of esters is 2. The number of nitrogens with zero attached hydrogens (tertiary/aromatic N) is 5. The molecule has 2 heterocycles. The van der Waals surface area contributed by atoms with Crippen LogP contribution in [0.15, 0.2) is 59.2 Å². The molecule has 2 aliphatic rings. The Kier molecular flexibility index (Phi) is 9.37. The van der Waals surface area contributed by atoms with Crippen LogP contribution in [0.25, 0.3) is 6.08 Å². The van der Waals surface area contributed by atoms with Crippen LogP contribution >= 0.6 is 0 Å². The topological polar surface area (TPSA) is 134 Å². The van der Waals surface area contributed by atoms with E-state index in [9.17, 15) is 14.4 Å². The number of fused-ring (bicyclic) bond motifs is 1. The molecule has 1 aliphatic heterocycles. The average molecular weight is 602 g/mol. The number of methoxy groups -OCH3 is 2. The Morgan fingerprint density at radius 2 is 1.55 bits per heavy atom. The lowest BCUT2D eigenvalue weighted by molar-refractivity contribution is -0.134. The van der Waals surface area contributed by atoms with Crippen LogP contribution in [-0.2, 0) is 20.8 Å². The van der Waals surface area contributed by atoms with E-state index >= 15 is 0 Å². The minimum atomic E-state index is -0.828. The Bertz CT molecular complexity index is 1580. The highest BCUT2D eigenvalue weighted by Crippen LogP contribution is 2.44. The van der Waals surface area contributed by atoms with Gasteiger partial charge in [-0.05, 0) is 80.2 Å². The van der Waals surface area contributed by atoms with Gasteiger partial charge in [0.25, 0.3) is 5.91 Å². The van der Waals surface area contributed by atoms with E-state index in [-0.39, 0.29) is 30.5 Å². The van der Waals surface area contributed by atoms with Crippen LogP contribution in [0.4, 0.5) is 0 Å². The summed E-state index contributed by atoms with van der Waals surface area (Å²) in [4.78, 5) is 39.4. The normalized spacial score (nSPS) is 18.4. The van der Waals surface area contributed by atoms with Crippen molar-refractivity contribution in [3.05, 3.63) is 76.6 Å². The van der Waals surface area contributed by atoms with Crippen molar-refractivity contribution in [2.45, 2.75) is 45.7 Å². The van der Waals surface area contributed by atoms with Crippen molar-refractivity contribution >= 4 is 29.6 Å². The summed E-state index contributed by atoms with van der Waals surface area (Å²) < 4.78 is 21.9. The highest BCUT2D eigenvalue weighted by Gasteiger charge is 2.44. The van der Waals surface area contributed by atoms with E-state index in [1.165, 1.54) is 5.01 Å². The smallest absolute Gasteiger partial charge is 0.361 e. The van der Waals surface area contributed by atoms with Gasteiger partial charge in [-0.2, -0.15) is 5.10 Å². The lowest BCUT2D eigenvalue weighted by Crippen LogP contribution is -2.34. The first-order valence-corrected chi connectivity index (χ1v) is 14.6. The zero-order valence-electron chi connectivity index (χ0n) is 25.2. The molecule has 12 nitrogen and oxygen atoms in total. The quantitative estimate of drug-likeness (QED) is 0.309. The molecule has 0 N–H and O–H groups in total. The highest BCUT2D eigenvalue weighted by atomic mass is 16.5. The second-order valence-electron chi connectivity index (χ2n) is 10.3. The van der Waals surface area contributed by atoms with Gasteiger partial charge in [0.2, 0.25) is 5.69 Å². The fourth-order valence-corrected chi connectivity index (χ4v) is 5.61. The molecule has 0 spiro atoms. The summed E-state index contributed by atoms with van der Waals surface area (Å²) in [5, 5.41) is 14.2. The standard InChI is InChI=1S/C32H35N5O7/c1-5-43-31(39)28-30(32(40)44-6-2)36(35-33-28)19-26(38)37-29(21-12-16-24(42-4)17-13-21)25-9-7-8-22(27(25)34-37)18-20-10-14-23(41-3)15-11-20/h10-18,25,29H,5-9,19H2,1-4H3/b22-18-/t25-,29+/m0/s1. The van der Waals surface area contributed by atoms with Crippen molar-refractivity contribution in [1.82, 2.24) is 20.0 Å². The van der Waals surface area contributed by atoms with Crippen LogP contribution in [0.2, 0.25) is 0 Å². The van der Waals surface area contributed by atoms with Crippen LogP contribution in [0.1, 0.15) is 71.3 Å². The number of hydrazone groups is 1. The largest absolute Gasteiger partial charge is 0.497 e. The molecule has 0 bridgehead atoms. The number of carbonyl (C=O) groups is 3. The predicted molar refractivity (Wildman–Crippen MR) is 160 cm³/mol. The number of aromatic nitrogens is 3. The maximum atomic E-state index is 14.0. The van der Waals surface area contributed by atoms with E-state index in [1.54, 1.807) is 28.1 Å². The Balaban J connectivity index is 1.52. The molecule has 1 amide bonds. The van der Waals surface area contributed by atoms with Crippen molar-refractivity contribution in [1.29, 1.82) is 0 Å². The Labute approximate surface area is 255 Å². The van der Waals surface area contributed by atoms with E-state index in [0.29, 0.717) is 5.75 Å². The SMILES string of the molecule is CCOC(=O)c1nnn(CC(=O)N2N=C3/C(=C\c4ccc(OC)cc4)CCC[C@@H]3[C@H]2c2ccc(OC)cc2)c1C(=O)OCC. The molecule has 1 aromatic heterocycles. The molecule has 2 aromatic carbocycles. The molecule has 1 fully saturated rings. The molecular weight excluding hydrogens is 566 g/mol. The van der Waals surface area contributed by atoms with Gasteiger partial charge in [0.15, 0.2) is 5.69 Å². The van der Waals surface area contributed by atoms with Crippen molar-refractivity contribution < 1.29 is 33.3 Å². The molecule has 3 aromatic rings. The van der Waals surface area contributed by atoms with Gasteiger partial charge in [-0.1, -0.05) is 29.5 Å². The van der Waals surface area contributed by atoms with Crippen LogP contribution in [0, 0.1) is 5.92 Å². The maximum Gasteiger partial charge on any atom is 0.361 e. The van der Waals surface area contributed by atoms with Gasteiger partial charge in [0.1, 0.15) is 18.0 Å². The first-order chi connectivity index (χ1) is 21.4. The number of rotatable bonds is 10. The third-order valence-electron chi connectivity index (χ3n) is 7.63. The summed E-state index contributed by atoms with van der Waals surface area (Å²) in [5.41, 5.74) is 3.24. The summed E-state index contributed by atoms with van der Waals surface area (Å²) in [7, 11) is 3.23. The second-order valence-corrected chi connectivity index (χ2v) is 10.3. The molecule has 44 heavy (non-hydrogen) atoms. The van der Waals surface area contributed by atoms with Gasteiger partial charge in [-0.15, -0.1) is 5.10 Å². The van der Waals surface area contributed by atoms with E-state index < -0.39 is 30.4 Å². The number of amides is 1. The molecule has 12 heteroatoms. The molecule has 2 atom stereocenters. The van der Waals surface area contributed by atoms with Gasteiger partial charge in [0, 0.05) is 5.92 Å². The third kappa shape index (κ3) is 6.19. The van der Waals surface area contributed by atoms with Gasteiger partial charge < -0.3 is 18.9 Å².